The molecule has 0 bridgehead atoms. The van der Waals surface area contributed by atoms with Crippen molar-refractivity contribution in [3.05, 3.63) is 42.0 Å². The number of allylic oxidation sites excluding steroid dienone is 2. The summed E-state index contributed by atoms with van der Waals surface area (Å²) in [6.45, 7) is 12.2. The summed E-state index contributed by atoms with van der Waals surface area (Å²) in [5.41, 5.74) is 0.297. The van der Waals surface area contributed by atoms with Gasteiger partial charge in [-0.1, -0.05) is 90.0 Å². The number of ketones is 1. The van der Waals surface area contributed by atoms with Gasteiger partial charge in [-0.05, 0) is 76.5 Å². The molecule has 10 nitrogen and oxygen atoms in total. The van der Waals surface area contributed by atoms with Crippen molar-refractivity contribution in [2.45, 2.75) is 156 Å². The monoisotopic (exact) mass is 717 g/mol. The molecule has 1 amide bonds. The largest absolute Gasteiger partial charge is 0.494 e. The molecule has 10 heteroatoms. The minimum Gasteiger partial charge on any atom is -0.494 e. The van der Waals surface area contributed by atoms with Gasteiger partial charge in [0.1, 0.15) is 23.2 Å². The van der Waals surface area contributed by atoms with Crippen molar-refractivity contribution in [2.24, 2.45) is 11.8 Å². The number of amides is 1. The Bertz CT molecular complexity index is 1140. The van der Waals surface area contributed by atoms with Gasteiger partial charge in [0.2, 0.25) is 6.41 Å². The summed E-state index contributed by atoms with van der Waals surface area (Å²) in [7, 11) is 1.30. The quantitative estimate of drug-likeness (QED) is 0.0396. The molecule has 0 spiro atoms. The maximum Gasteiger partial charge on any atom is 0.328 e. The predicted octanol–water partition coefficient (Wildman–Crippen LogP) is 8.58. The zero-order chi connectivity index (χ0) is 38.5. The van der Waals surface area contributed by atoms with E-state index in [9.17, 15) is 24.0 Å². The van der Waals surface area contributed by atoms with Crippen molar-refractivity contribution < 1.29 is 43.3 Å². The Balaban J connectivity index is 0.00000107. The molecule has 0 radical (unpaired) electrons. The molecule has 1 rings (SSSR count). The third-order valence-electron chi connectivity index (χ3n) is 8.20. The van der Waals surface area contributed by atoms with Gasteiger partial charge in [0.25, 0.3) is 0 Å². The predicted molar refractivity (Wildman–Crippen MR) is 202 cm³/mol. The summed E-state index contributed by atoms with van der Waals surface area (Å²) in [5.74, 6) is -1.58. The minimum absolute atomic E-state index is 0.194. The molecule has 3 atom stereocenters. The van der Waals surface area contributed by atoms with E-state index in [1.54, 1.807) is 20.8 Å². The van der Waals surface area contributed by atoms with Crippen LogP contribution in [0.5, 0.6) is 5.75 Å². The normalized spacial score (nSPS) is 12.9. The number of hydrogen-bond acceptors (Lipinski definition) is 8. The van der Waals surface area contributed by atoms with E-state index in [0.717, 1.165) is 69.1 Å². The summed E-state index contributed by atoms with van der Waals surface area (Å²) in [5, 5.41) is 11.6. The highest BCUT2D eigenvalue weighted by Crippen LogP contribution is 2.23. The smallest absolute Gasteiger partial charge is 0.328 e. The highest BCUT2D eigenvalue weighted by molar-refractivity contribution is 5.80. The molecule has 51 heavy (non-hydrogen) atoms. The van der Waals surface area contributed by atoms with Crippen molar-refractivity contribution in [2.75, 3.05) is 13.7 Å². The Morgan fingerprint density at radius 3 is 1.96 bits per heavy atom. The molecule has 2 N–H and O–H groups in total. The molecule has 290 valence electrons. The second kappa shape index (κ2) is 28.9. The first-order valence-electron chi connectivity index (χ1n) is 18.9. The third-order valence-corrected chi connectivity index (χ3v) is 8.20. The van der Waals surface area contributed by atoms with E-state index in [-0.39, 0.29) is 12.3 Å². The lowest BCUT2D eigenvalue weighted by atomic mass is 9.90. The van der Waals surface area contributed by atoms with E-state index in [2.05, 4.69) is 23.9 Å². The fourth-order valence-electron chi connectivity index (χ4n) is 5.21. The number of unbranched alkanes of at least 4 members (excludes halogenated alkanes) is 9. The number of carboxylic acids is 1. The van der Waals surface area contributed by atoms with Gasteiger partial charge < -0.3 is 24.6 Å². The summed E-state index contributed by atoms with van der Waals surface area (Å²) < 4.78 is 15.6. The molecule has 0 heterocycles. The van der Waals surface area contributed by atoms with E-state index in [1.165, 1.54) is 32.8 Å². The van der Waals surface area contributed by atoms with Crippen LogP contribution in [0.3, 0.4) is 0 Å². The molecule has 0 saturated heterocycles. The average Bonchev–Trinajstić information content (AvgIpc) is 3.07. The lowest BCUT2D eigenvalue weighted by Crippen LogP contribution is -2.38. The van der Waals surface area contributed by atoms with Crippen LogP contribution in [0.15, 0.2) is 36.4 Å². The molecule has 0 fully saturated rings. The number of nitrogens with one attached hydrogen (secondary N) is 1. The van der Waals surface area contributed by atoms with Crippen molar-refractivity contribution in [3.8, 4) is 5.75 Å². The van der Waals surface area contributed by atoms with Crippen molar-refractivity contribution in [1.29, 1.82) is 0 Å². The van der Waals surface area contributed by atoms with Crippen LogP contribution in [0.1, 0.15) is 143 Å². The van der Waals surface area contributed by atoms with E-state index in [1.807, 2.05) is 43.3 Å². The van der Waals surface area contributed by atoms with Gasteiger partial charge in [0.05, 0.1) is 26.1 Å². The zero-order valence-corrected chi connectivity index (χ0v) is 32.5. The summed E-state index contributed by atoms with van der Waals surface area (Å²) in [6.07, 6.45) is 19.2. The van der Waals surface area contributed by atoms with Gasteiger partial charge in [-0.15, -0.1) is 0 Å². The van der Waals surface area contributed by atoms with Crippen LogP contribution >= 0.6 is 0 Å². The topological polar surface area (TPSA) is 145 Å². The van der Waals surface area contributed by atoms with Crippen molar-refractivity contribution >= 4 is 30.1 Å². The number of carboxylic acid groups (broad SMARTS) is 1. The van der Waals surface area contributed by atoms with E-state index in [0.29, 0.717) is 31.6 Å². The van der Waals surface area contributed by atoms with Crippen LogP contribution < -0.4 is 10.1 Å². The van der Waals surface area contributed by atoms with E-state index < -0.39 is 35.5 Å². The molecule has 0 aliphatic carbocycles. The highest BCUT2D eigenvalue weighted by atomic mass is 16.6. The Kier molecular flexibility index (Phi) is 26.9. The molecular formula is C41H67NO9. The van der Waals surface area contributed by atoms with Gasteiger partial charge in [-0.2, -0.15) is 0 Å². The number of esters is 2. The van der Waals surface area contributed by atoms with E-state index >= 15 is 0 Å². The second-order valence-corrected chi connectivity index (χ2v) is 14.1. The van der Waals surface area contributed by atoms with Crippen molar-refractivity contribution in [1.82, 2.24) is 5.32 Å². The number of methoxy groups -OCH3 is 1. The highest BCUT2D eigenvalue weighted by Gasteiger charge is 2.30. The third kappa shape index (κ3) is 25.8. The maximum absolute atomic E-state index is 12.4. The van der Waals surface area contributed by atoms with Crippen LogP contribution in [0.2, 0.25) is 0 Å². The van der Waals surface area contributed by atoms with Gasteiger partial charge in [-0.3, -0.25) is 19.2 Å². The number of aliphatic carboxylic acids is 1. The van der Waals surface area contributed by atoms with Crippen LogP contribution in [0.25, 0.3) is 0 Å². The van der Waals surface area contributed by atoms with Crippen LogP contribution in [-0.4, -0.2) is 60.6 Å². The van der Waals surface area contributed by atoms with Crippen LogP contribution in [0, 0.1) is 11.8 Å². The lowest BCUT2D eigenvalue weighted by molar-refractivity contribution is -0.164. The Labute approximate surface area is 307 Å². The second-order valence-electron chi connectivity index (χ2n) is 14.1. The average molecular weight is 718 g/mol. The summed E-state index contributed by atoms with van der Waals surface area (Å²) in [6, 6.07) is 6.82. The van der Waals surface area contributed by atoms with Gasteiger partial charge in [0, 0.05) is 19.3 Å². The number of benzene rings is 1. The van der Waals surface area contributed by atoms with Crippen LogP contribution in [-0.2, 0) is 39.9 Å². The number of hydrogen-bond donors (Lipinski definition) is 2. The van der Waals surface area contributed by atoms with Crippen LogP contribution in [0.4, 0.5) is 0 Å². The fraction of sp³-hybridized carbons (Fsp3) is 0.683. The number of carbonyl (C=O) groups is 5. The van der Waals surface area contributed by atoms with Gasteiger partial charge in [-0.25, -0.2) is 4.79 Å². The molecule has 1 aromatic rings. The Hall–Kier alpha value is -3.69. The molecular weight excluding hydrogens is 650 g/mol. The molecule has 0 saturated carbocycles. The molecule has 1 aromatic carbocycles. The first kappa shape index (κ1) is 47.3. The Morgan fingerprint density at radius 2 is 1.43 bits per heavy atom. The first-order valence-corrected chi connectivity index (χ1v) is 18.9. The minimum atomic E-state index is -0.994. The number of rotatable bonds is 27. The fourth-order valence-corrected chi connectivity index (χ4v) is 5.21. The molecule has 0 aliphatic heterocycles. The lowest BCUT2D eigenvalue weighted by Gasteiger charge is -2.25. The standard InChI is InChI=1S/C26H46O5.C15H21NO4/c1-6-7-8-11-15-18-22(27)19-16-13-10-9-12-14-17-21(2)23(20-24(28)29)25(30)31-26(3,4)5;1-3-4-9-20-13-7-5-12(6-8-13)10-14(16-11-17)15(18)19-2/h14,17,21,23H,6-13,15-16,18-20H2,1-5H3,(H,28,29);5-8,11,14H,3-4,9-10H2,1-2H3,(H,16,17)/b17-14+;/t21?,23-;14-/m10/s1. The van der Waals surface area contributed by atoms with Gasteiger partial charge >= 0.3 is 17.9 Å². The van der Waals surface area contributed by atoms with Gasteiger partial charge in [0.15, 0.2) is 0 Å². The Morgan fingerprint density at radius 1 is 0.843 bits per heavy atom. The summed E-state index contributed by atoms with van der Waals surface area (Å²) >= 11 is 0. The molecule has 0 aromatic heterocycles. The first-order chi connectivity index (χ1) is 24.3. The van der Waals surface area contributed by atoms with Crippen molar-refractivity contribution in [3.63, 3.8) is 0 Å². The number of Topliss-reactive ketones (excluding diaryl/α,β-unsaturated/α-hetero) is 1. The molecule has 1 unspecified atom stereocenters. The SMILES string of the molecule is CCCCCCCC(=O)CCCCCC/C=C/C(C)[C@@H](CC(=O)O)C(=O)OC(C)(C)C.CCCCOc1ccc(C[C@H](NC=O)C(=O)OC)cc1. The van der Waals surface area contributed by atoms with E-state index in [4.69, 9.17) is 14.6 Å². The summed E-state index contributed by atoms with van der Waals surface area (Å²) in [4.78, 5) is 57.4. The zero-order valence-electron chi connectivity index (χ0n) is 32.5. The molecule has 0 aliphatic rings. The number of ether oxygens (including phenoxy) is 3. The number of carbonyl (C=O) groups excluding carboxylic acids is 4. The maximum atomic E-state index is 12.4.